The molecule has 11 heteroatoms. The number of H-pyrrole nitrogens is 1. The molecule has 1 aromatic heterocycles. The maximum atomic E-state index is 12.5. The summed E-state index contributed by atoms with van der Waals surface area (Å²) in [5.74, 6) is -0.0391. The molecule has 112 valence electrons. The number of rotatable bonds is 2. The van der Waals surface area contributed by atoms with Gasteiger partial charge in [0.05, 0.1) is 12.8 Å². The van der Waals surface area contributed by atoms with E-state index in [1.807, 2.05) is 0 Å². The van der Waals surface area contributed by atoms with Gasteiger partial charge in [-0.05, 0) is 13.8 Å². The van der Waals surface area contributed by atoms with E-state index in [4.69, 9.17) is 10.3 Å². The first-order valence-corrected chi connectivity index (χ1v) is 6.75. The lowest BCUT2D eigenvalue weighted by molar-refractivity contribution is -0.182. The molecule has 0 aromatic carbocycles. The van der Waals surface area contributed by atoms with Gasteiger partial charge >= 0.3 is 6.18 Å². The predicted molar refractivity (Wildman–Crippen MR) is 60.8 cm³/mol. The van der Waals surface area contributed by atoms with Crippen molar-refractivity contribution in [2.45, 2.75) is 32.0 Å². The predicted octanol–water partition coefficient (Wildman–Crippen LogP) is 0.607. The van der Waals surface area contributed by atoms with Gasteiger partial charge in [0.1, 0.15) is 11.2 Å². The number of halogens is 3. The van der Waals surface area contributed by atoms with Crippen LogP contribution < -0.4 is 5.73 Å². The van der Waals surface area contributed by atoms with Gasteiger partial charge in [-0.25, -0.2) is 4.98 Å². The Balaban J connectivity index is 0.000000555. The van der Waals surface area contributed by atoms with Crippen molar-refractivity contribution in [2.24, 2.45) is 5.73 Å². The normalized spacial score (nSPS) is 12.8. The van der Waals surface area contributed by atoms with E-state index in [1.54, 1.807) is 0 Å². The Hall–Kier alpha value is -1.20. The maximum absolute atomic E-state index is 12.5. The summed E-state index contributed by atoms with van der Waals surface area (Å²) in [7, 11) is -3.67. The van der Waals surface area contributed by atoms with Crippen LogP contribution in [0.4, 0.5) is 13.2 Å². The molecule has 0 spiro atoms. The number of nitrogens with zero attached hydrogens (tertiary/aromatic N) is 2. The molecule has 0 atom stereocenters. The van der Waals surface area contributed by atoms with Gasteiger partial charge in [0.2, 0.25) is 0 Å². The first-order valence-electron chi connectivity index (χ1n) is 4.90. The van der Waals surface area contributed by atoms with Crippen molar-refractivity contribution in [3.05, 3.63) is 11.6 Å². The molecule has 1 rings (SSSR count). The molecule has 0 aliphatic heterocycles. The van der Waals surface area contributed by atoms with E-state index in [2.05, 4.69) is 15.2 Å². The van der Waals surface area contributed by atoms with Crippen molar-refractivity contribution in [1.82, 2.24) is 15.2 Å². The Morgan fingerprint density at radius 1 is 1.37 bits per heavy atom. The van der Waals surface area contributed by atoms with Crippen LogP contribution in [-0.2, 0) is 22.1 Å². The van der Waals surface area contributed by atoms with Crippen LogP contribution in [0.5, 0.6) is 0 Å². The molecule has 19 heavy (non-hydrogen) atoms. The van der Waals surface area contributed by atoms with Gasteiger partial charge < -0.3 is 5.73 Å². The van der Waals surface area contributed by atoms with Crippen molar-refractivity contribution in [2.75, 3.05) is 6.26 Å². The third-order valence-electron chi connectivity index (χ3n) is 1.99. The lowest BCUT2D eigenvalue weighted by atomic mass is 9.92. The van der Waals surface area contributed by atoms with Gasteiger partial charge in [-0.15, -0.1) is 0 Å². The van der Waals surface area contributed by atoms with Crippen LogP contribution in [-0.4, -0.2) is 40.6 Å². The monoisotopic (exact) mass is 304 g/mol. The van der Waals surface area contributed by atoms with Crippen LogP contribution >= 0.6 is 0 Å². The van der Waals surface area contributed by atoms with Crippen molar-refractivity contribution < 1.29 is 26.1 Å². The standard InChI is InChI=1S/C7H11F3N4.CH4O3S/c1-6(2,7(8,9)10)5-12-4(3-11)13-14-5;1-5(2,3)4/h3,11H2,1-2H3,(H,12,13,14);1H3,(H,2,3,4). The minimum absolute atomic E-state index is 0.0426. The first kappa shape index (κ1) is 17.8. The highest BCUT2D eigenvalue weighted by atomic mass is 32.2. The zero-order chi connectivity index (χ0) is 15.5. The molecule has 0 bridgehead atoms. The van der Waals surface area contributed by atoms with Crippen molar-refractivity contribution >= 4 is 10.1 Å². The third kappa shape index (κ3) is 5.98. The van der Waals surface area contributed by atoms with Crippen LogP contribution in [0.3, 0.4) is 0 Å². The number of nitrogens with one attached hydrogen (secondary N) is 1. The fraction of sp³-hybridized carbons (Fsp3) is 0.750. The molecule has 0 fully saturated rings. The molecule has 0 saturated heterocycles. The van der Waals surface area contributed by atoms with Crippen molar-refractivity contribution in [3.8, 4) is 0 Å². The van der Waals surface area contributed by atoms with Crippen LogP contribution in [0.15, 0.2) is 0 Å². The highest BCUT2D eigenvalue weighted by molar-refractivity contribution is 7.85. The largest absolute Gasteiger partial charge is 0.401 e. The van der Waals surface area contributed by atoms with Gasteiger partial charge in [0, 0.05) is 0 Å². The number of hydrogen-bond acceptors (Lipinski definition) is 5. The average molecular weight is 304 g/mol. The third-order valence-corrected chi connectivity index (χ3v) is 1.99. The fourth-order valence-electron chi connectivity index (χ4n) is 0.793. The Labute approximate surface area is 108 Å². The van der Waals surface area contributed by atoms with Gasteiger partial charge in [-0.3, -0.25) is 9.65 Å². The van der Waals surface area contributed by atoms with E-state index in [-0.39, 0.29) is 18.2 Å². The second-order valence-corrected chi connectivity index (χ2v) is 5.63. The minimum Gasteiger partial charge on any atom is -0.324 e. The minimum atomic E-state index is -4.37. The molecule has 0 unspecified atom stereocenters. The van der Waals surface area contributed by atoms with Crippen LogP contribution in [0.25, 0.3) is 0 Å². The number of hydrogen-bond donors (Lipinski definition) is 3. The number of aromatic amines is 1. The lowest BCUT2D eigenvalue weighted by Crippen LogP contribution is -2.37. The molecule has 1 aromatic rings. The molecule has 0 aliphatic carbocycles. The van der Waals surface area contributed by atoms with Gasteiger partial charge in [0.15, 0.2) is 5.82 Å². The molecular formula is C8H15F3N4O3S. The first-order chi connectivity index (χ1) is 8.29. The summed E-state index contributed by atoms with van der Waals surface area (Å²) in [5, 5.41) is 5.84. The van der Waals surface area contributed by atoms with Crippen LogP contribution in [0.2, 0.25) is 0 Å². The van der Waals surface area contributed by atoms with Gasteiger partial charge in [-0.2, -0.15) is 26.7 Å². The van der Waals surface area contributed by atoms with Crippen molar-refractivity contribution in [1.29, 1.82) is 0 Å². The molecule has 0 radical (unpaired) electrons. The second kappa shape index (κ2) is 5.84. The van der Waals surface area contributed by atoms with Gasteiger partial charge in [-0.1, -0.05) is 0 Å². The highest BCUT2D eigenvalue weighted by Crippen LogP contribution is 2.38. The summed E-state index contributed by atoms with van der Waals surface area (Å²) in [6, 6.07) is 0. The van der Waals surface area contributed by atoms with E-state index in [1.165, 1.54) is 0 Å². The quantitative estimate of drug-likeness (QED) is 0.688. The Bertz CT molecular complexity index is 502. The molecule has 0 amide bonds. The Kier molecular flexibility index (Phi) is 5.47. The summed E-state index contributed by atoms with van der Waals surface area (Å²) in [6.07, 6.45) is -3.66. The van der Waals surface area contributed by atoms with Crippen LogP contribution in [0.1, 0.15) is 25.5 Å². The van der Waals surface area contributed by atoms with E-state index >= 15 is 0 Å². The summed E-state index contributed by atoms with van der Waals surface area (Å²) in [6.45, 7) is 2.09. The summed E-state index contributed by atoms with van der Waals surface area (Å²) in [5.41, 5.74) is 3.14. The SMILES string of the molecule is CC(C)(c1n[nH]c(CN)n1)C(F)(F)F.CS(=O)(=O)O. The molecule has 7 nitrogen and oxygen atoms in total. The number of alkyl halides is 3. The second-order valence-electron chi connectivity index (χ2n) is 4.17. The summed E-state index contributed by atoms with van der Waals surface area (Å²) < 4.78 is 63.4. The molecule has 0 saturated carbocycles. The van der Waals surface area contributed by atoms with E-state index in [0.29, 0.717) is 6.26 Å². The highest BCUT2D eigenvalue weighted by Gasteiger charge is 2.51. The molecule has 0 aliphatic rings. The van der Waals surface area contributed by atoms with Gasteiger partial charge in [0.25, 0.3) is 10.1 Å². The number of aromatic nitrogens is 3. The number of nitrogens with two attached hydrogens (primary N) is 1. The topological polar surface area (TPSA) is 122 Å². The lowest BCUT2D eigenvalue weighted by Gasteiger charge is -2.23. The van der Waals surface area contributed by atoms with Crippen LogP contribution in [0, 0.1) is 0 Å². The average Bonchev–Trinajstić information content (AvgIpc) is 2.61. The Morgan fingerprint density at radius 3 is 2.05 bits per heavy atom. The fourth-order valence-corrected chi connectivity index (χ4v) is 0.793. The summed E-state index contributed by atoms with van der Waals surface area (Å²) >= 11 is 0. The zero-order valence-corrected chi connectivity index (χ0v) is 11.3. The Morgan fingerprint density at radius 2 is 1.79 bits per heavy atom. The smallest absolute Gasteiger partial charge is 0.324 e. The maximum Gasteiger partial charge on any atom is 0.401 e. The zero-order valence-electron chi connectivity index (χ0n) is 10.5. The molecule has 4 N–H and O–H groups in total. The molecular weight excluding hydrogens is 289 g/mol. The van der Waals surface area contributed by atoms with E-state index in [0.717, 1.165) is 13.8 Å². The van der Waals surface area contributed by atoms with E-state index in [9.17, 15) is 21.6 Å². The van der Waals surface area contributed by atoms with E-state index < -0.39 is 21.7 Å². The molecule has 1 heterocycles. The summed E-state index contributed by atoms with van der Waals surface area (Å²) in [4.78, 5) is 3.66. The van der Waals surface area contributed by atoms with Crippen molar-refractivity contribution in [3.63, 3.8) is 0 Å².